The van der Waals surface area contributed by atoms with Gasteiger partial charge in [0.1, 0.15) is 23.3 Å². The Morgan fingerprint density at radius 3 is 2.67 bits per heavy atom. The fourth-order valence-electron chi connectivity index (χ4n) is 2.68. The fourth-order valence-corrected chi connectivity index (χ4v) is 3.66. The number of carbonyl (C=O) groups excluding carboxylic acids is 1. The van der Waals surface area contributed by atoms with Crippen molar-refractivity contribution >= 4 is 27.5 Å². The lowest BCUT2D eigenvalue weighted by Crippen LogP contribution is -2.30. The van der Waals surface area contributed by atoms with Crippen molar-refractivity contribution in [2.24, 2.45) is 0 Å². The molecule has 0 spiro atoms. The van der Waals surface area contributed by atoms with Crippen LogP contribution in [0.25, 0.3) is 10.2 Å². The monoisotopic (exact) mass is 388 g/mol. The molecule has 8 heteroatoms. The summed E-state index contributed by atoms with van der Waals surface area (Å²) in [6.07, 6.45) is 0.566. The number of nitrogens with zero attached hydrogens (tertiary/aromatic N) is 2. The predicted octanol–water partition coefficient (Wildman–Crippen LogP) is 2.30. The predicted molar refractivity (Wildman–Crippen MR) is 103 cm³/mol. The number of thiophene rings is 1. The van der Waals surface area contributed by atoms with Gasteiger partial charge in [-0.2, -0.15) is 0 Å². The highest BCUT2D eigenvalue weighted by Crippen LogP contribution is 2.25. The number of rotatable bonds is 6. The van der Waals surface area contributed by atoms with Crippen LogP contribution in [-0.2, 0) is 11.3 Å². The summed E-state index contributed by atoms with van der Waals surface area (Å²) in [5.74, 6) is 0.0785. The number of hydrogen-bond acceptors (Lipinski definition) is 7. The van der Waals surface area contributed by atoms with Crippen molar-refractivity contribution < 1.29 is 19.4 Å². The van der Waals surface area contributed by atoms with E-state index in [1.54, 1.807) is 24.3 Å². The van der Waals surface area contributed by atoms with Crippen molar-refractivity contribution in [3.05, 3.63) is 57.0 Å². The largest absolute Gasteiger partial charge is 0.491 e. The number of carbonyl (C=O) groups is 1. The van der Waals surface area contributed by atoms with Gasteiger partial charge in [0, 0.05) is 4.88 Å². The molecule has 0 bridgehead atoms. The Hall–Kier alpha value is -2.71. The van der Waals surface area contributed by atoms with E-state index in [1.807, 2.05) is 13.8 Å². The number of hydrogen-bond donors (Lipinski definition) is 1. The molecule has 7 nitrogen and oxygen atoms in total. The number of methoxy groups -OCH3 is 1. The van der Waals surface area contributed by atoms with Crippen LogP contribution in [0.4, 0.5) is 0 Å². The molecule has 0 aliphatic rings. The molecule has 0 radical (unpaired) electrons. The summed E-state index contributed by atoms with van der Waals surface area (Å²) < 4.78 is 11.6. The van der Waals surface area contributed by atoms with E-state index in [0.29, 0.717) is 21.5 Å². The number of aryl methyl sites for hydroxylation is 2. The third-order valence-corrected chi connectivity index (χ3v) is 5.40. The molecule has 1 aromatic carbocycles. The lowest BCUT2D eigenvalue weighted by atomic mass is 10.2. The smallest absolute Gasteiger partial charge is 0.337 e. The van der Waals surface area contributed by atoms with Gasteiger partial charge in [0.25, 0.3) is 5.56 Å². The summed E-state index contributed by atoms with van der Waals surface area (Å²) in [7, 11) is 1.32. The van der Waals surface area contributed by atoms with E-state index in [-0.39, 0.29) is 18.7 Å². The highest BCUT2D eigenvalue weighted by atomic mass is 32.1. The van der Waals surface area contributed by atoms with Gasteiger partial charge in [-0.05, 0) is 43.7 Å². The van der Waals surface area contributed by atoms with Gasteiger partial charge in [0.15, 0.2) is 0 Å². The van der Waals surface area contributed by atoms with Gasteiger partial charge in [-0.15, -0.1) is 11.3 Å². The van der Waals surface area contributed by atoms with Gasteiger partial charge in [-0.25, -0.2) is 9.78 Å². The van der Waals surface area contributed by atoms with Gasteiger partial charge in [0.05, 0.1) is 30.9 Å². The van der Waals surface area contributed by atoms with Crippen LogP contribution in [-0.4, -0.2) is 40.4 Å². The van der Waals surface area contributed by atoms with Crippen molar-refractivity contribution in [2.45, 2.75) is 26.5 Å². The second-order valence-corrected chi connectivity index (χ2v) is 7.35. The van der Waals surface area contributed by atoms with Crippen LogP contribution in [0.3, 0.4) is 0 Å². The van der Waals surface area contributed by atoms with Gasteiger partial charge >= 0.3 is 5.97 Å². The molecule has 1 atom stereocenters. The van der Waals surface area contributed by atoms with E-state index in [0.717, 1.165) is 10.4 Å². The molecule has 142 valence electrons. The van der Waals surface area contributed by atoms with Crippen LogP contribution in [0, 0.1) is 13.8 Å². The first-order valence-corrected chi connectivity index (χ1v) is 9.16. The summed E-state index contributed by atoms with van der Waals surface area (Å²) in [6.45, 7) is 3.94. The van der Waals surface area contributed by atoms with Gasteiger partial charge < -0.3 is 14.6 Å². The van der Waals surface area contributed by atoms with E-state index < -0.39 is 12.1 Å². The van der Waals surface area contributed by atoms with Crippen molar-refractivity contribution in [2.75, 3.05) is 13.7 Å². The van der Waals surface area contributed by atoms with Crippen LogP contribution in [0.15, 0.2) is 35.4 Å². The number of benzene rings is 1. The van der Waals surface area contributed by atoms with E-state index in [9.17, 15) is 14.7 Å². The third-order valence-electron chi connectivity index (χ3n) is 4.28. The summed E-state index contributed by atoms with van der Waals surface area (Å²) in [4.78, 5) is 30.1. The van der Waals surface area contributed by atoms with Crippen molar-refractivity contribution in [3.8, 4) is 5.75 Å². The number of ether oxygens (including phenoxy) is 2. The van der Waals surface area contributed by atoms with Crippen molar-refractivity contribution in [3.63, 3.8) is 0 Å². The molecule has 0 fully saturated rings. The maximum absolute atomic E-state index is 12.6. The first kappa shape index (κ1) is 19.1. The summed E-state index contributed by atoms with van der Waals surface area (Å²) in [5.41, 5.74) is 1.18. The molecule has 1 unspecified atom stereocenters. The van der Waals surface area contributed by atoms with E-state index in [4.69, 9.17) is 4.74 Å². The quantitative estimate of drug-likeness (QED) is 0.652. The van der Waals surface area contributed by atoms with Crippen LogP contribution in [0.2, 0.25) is 0 Å². The lowest BCUT2D eigenvalue weighted by Gasteiger charge is -2.14. The molecule has 0 aliphatic heterocycles. The van der Waals surface area contributed by atoms with E-state index in [1.165, 1.54) is 29.3 Å². The average Bonchev–Trinajstić information content (AvgIpc) is 2.97. The molecule has 0 saturated carbocycles. The SMILES string of the molecule is COC(=O)c1ccc(OCC(O)Cn2cnc3sc(C)c(C)c3c2=O)cc1. The van der Waals surface area contributed by atoms with E-state index >= 15 is 0 Å². The molecular formula is C19H20N2O5S. The molecule has 0 saturated heterocycles. The van der Waals surface area contributed by atoms with Crippen LogP contribution < -0.4 is 10.3 Å². The second-order valence-electron chi connectivity index (χ2n) is 6.15. The standard InChI is InChI=1S/C19H20N2O5S/c1-11-12(2)27-17-16(11)18(23)21(10-20-17)8-14(22)9-26-15-6-4-13(5-7-15)19(24)25-3/h4-7,10,14,22H,8-9H2,1-3H3. The summed E-state index contributed by atoms with van der Waals surface area (Å²) in [6, 6.07) is 6.40. The number of esters is 1. The lowest BCUT2D eigenvalue weighted by molar-refractivity contribution is 0.0600. The maximum atomic E-state index is 12.6. The molecule has 3 aromatic rings. The topological polar surface area (TPSA) is 90.7 Å². The van der Waals surface area contributed by atoms with Crippen LogP contribution in [0.1, 0.15) is 20.8 Å². The Labute approximate surface area is 159 Å². The Morgan fingerprint density at radius 1 is 1.30 bits per heavy atom. The van der Waals surface area contributed by atoms with Crippen LogP contribution in [0.5, 0.6) is 5.75 Å². The number of aliphatic hydroxyl groups is 1. The molecule has 1 N–H and O–H groups in total. The molecule has 0 aliphatic carbocycles. The molecule has 0 amide bonds. The van der Waals surface area contributed by atoms with Crippen molar-refractivity contribution in [1.82, 2.24) is 9.55 Å². The average molecular weight is 388 g/mol. The zero-order chi connectivity index (χ0) is 19.6. The Bertz CT molecular complexity index is 1020. The zero-order valence-electron chi connectivity index (χ0n) is 15.3. The van der Waals surface area contributed by atoms with Gasteiger partial charge in [0.2, 0.25) is 0 Å². The Morgan fingerprint density at radius 2 is 2.00 bits per heavy atom. The van der Waals surface area contributed by atoms with E-state index in [2.05, 4.69) is 9.72 Å². The summed E-state index contributed by atoms with van der Waals surface area (Å²) >= 11 is 1.49. The highest BCUT2D eigenvalue weighted by molar-refractivity contribution is 7.18. The van der Waals surface area contributed by atoms with Gasteiger partial charge in [-0.3, -0.25) is 9.36 Å². The molecule has 2 heterocycles. The van der Waals surface area contributed by atoms with Crippen LogP contribution >= 0.6 is 11.3 Å². The molecule has 27 heavy (non-hydrogen) atoms. The number of aliphatic hydroxyl groups excluding tert-OH is 1. The second kappa shape index (κ2) is 7.89. The van der Waals surface area contributed by atoms with Gasteiger partial charge in [-0.1, -0.05) is 0 Å². The Kier molecular flexibility index (Phi) is 5.57. The first-order chi connectivity index (χ1) is 12.9. The minimum atomic E-state index is -0.887. The fraction of sp³-hybridized carbons (Fsp3) is 0.316. The third kappa shape index (κ3) is 4.01. The number of fused-ring (bicyclic) bond motifs is 1. The first-order valence-electron chi connectivity index (χ1n) is 8.35. The Balaban J connectivity index is 1.66. The number of aromatic nitrogens is 2. The molecule has 3 rings (SSSR count). The minimum absolute atomic E-state index is 0.00367. The summed E-state index contributed by atoms with van der Waals surface area (Å²) in [5, 5.41) is 10.8. The minimum Gasteiger partial charge on any atom is -0.491 e. The normalized spacial score (nSPS) is 12.1. The molecular weight excluding hydrogens is 368 g/mol. The zero-order valence-corrected chi connectivity index (χ0v) is 16.1. The highest BCUT2D eigenvalue weighted by Gasteiger charge is 2.14. The molecule has 2 aromatic heterocycles. The van der Waals surface area contributed by atoms with Crippen molar-refractivity contribution in [1.29, 1.82) is 0 Å². The maximum Gasteiger partial charge on any atom is 0.337 e.